The quantitative estimate of drug-likeness (QED) is 0.695. The molecule has 0 saturated carbocycles. The summed E-state index contributed by atoms with van der Waals surface area (Å²) in [6.45, 7) is 1.11. The van der Waals surface area contributed by atoms with Crippen LogP contribution in [0.2, 0.25) is 0 Å². The van der Waals surface area contributed by atoms with Crippen LogP contribution >= 0.6 is 11.3 Å². The highest BCUT2D eigenvalue weighted by molar-refractivity contribution is 7.15. The number of fused-ring (bicyclic) bond motifs is 1. The van der Waals surface area contributed by atoms with Crippen LogP contribution in [-0.4, -0.2) is 46.8 Å². The molecule has 0 aliphatic carbocycles. The van der Waals surface area contributed by atoms with Gasteiger partial charge >= 0.3 is 0 Å². The summed E-state index contributed by atoms with van der Waals surface area (Å²) < 4.78 is 6.41. The summed E-state index contributed by atoms with van der Waals surface area (Å²) in [7, 11) is 0. The van der Waals surface area contributed by atoms with E-state index in [9.17, 15) is 9.59 Å². The van der Waals surface area contributed by atoms with E-state index < -0.39 is 5.91 Å². The molecule has 0 aliphatic rings. The van der Waals surface area contributed by atoms with E-state index in [1.807, 2.05) is 0 Å². The second-order valence-electron chi connectivity index (χ2n) is 3.98. The van der Waals surface area contributed by atoms with Gasteiger partial charge in [0.25, 0.3) is 11.5 Å². The van der Waals surface area contributed by atoms with Gasteiger partial charge in [-0.3, -0.25) is 14.0 Å². The lowest BCUT2D eigenvalue weighted by Crippen LogP contribution is -2.32. The Kier molecular flexibility index (Phi) is 5.22. The van der Waals surface area contributed by atoms with Gasteiger partial charge in [0.1, 0.15) is 5.56 Å². The molecule has 2 rings (SSSR count). The third-order valence-corrected chi connectivity index (χ3v) is 3.34. The van der Waals surface area contributed by atoms with Crippen LogP contribution in [0, 0.1) is 0 Å². The summed E-state index contributed by atoms with van der Waals surface area (Å²) in [6.07, 6.45) is 3.50. The molecule has 0 unspecified atom stereocenters. The summed E-state index contributed by atoms with van der Waals surface area (Å²) in [5.41, 5.74) is -0.345. The van der Waals surface area contributed by atoms with Gasteiger partial charge in [-0.1, -0.05) is 0 Å². The Bertz CT molecular complexity index is 637. The molecule has 0 bridgehead atoms. The maximum atomic E-state index is 12.0. The number of aromatic nitrogens is 2. The van der Waals surface area contributed by atoms with Gasteiger partial charge in [-0.2, -0.15) is 0 Å². The predicted octanol–water partition coefficient (Wildman–Crippen LogP) is -0.115. The number of nitrogens with zero attached hydrogens (tertiary/aromatic N) is 2. The first-order chi connectivity index (χ1) is 9.74. The average Bonchev–Trinajstić information content (AvgIpc) is 2.92. The van der Waals surface area contributed by atoms with Crippen molar-refractivity contribution in [1.29, 1.82) is 0 Å². The van der Waals surface area contributed by atoms with Gasteiger partial charge in [0.15, 0.2) is 4.96 Å². The Morgan fingerprint density at radius 2 is 2.35 bits per heavy atom. The fourth-order valence-corrected chi connectivity index (χ4v) is 2.29. The second-order valence-corrected chi connectivity index (χ2v) is 4.85. The van der Waals surface area contributed by atoms with E-state index in [1.165, 1.54) is 21.9 Å². The molecule has 0 spiro atoms. The molecule has 7 nitrogen and oxygen atoms in total. The van der Waals surface area contributed by atoms with Crippen molar-refractivity contribution in [2.75, 3.05) is 26.4 Å². The average molecular weight is 297 g/mol. The van der Waals surface area contributed by atoms with Crippen LogP contribution < -0.4 is 10.9 Å². The van der Waals surface area contributed by atoms with Crippen LogP contribution in [0.3, 0.4) is 0 Å². The molecule has 0 atom stereocenters. The molecule has 2 aromatic heterocycles. The highest BCUT2D eigenvalue weighted by Crippen LogP contribution is 2.05. The summed E-state index contributed by atoms with van der Waals surface area (Å²) >= 11 is 1.33. The van der Waals surface area contributed by atoms with Crippen LogP contribution in [0.15, 0.2) is 22.6 Å². The van der Waals surface area contributed by atoms with Gasteiger partial charge in [0.2, 0.25) is 0 Å². The van der Waals surface area contributed by atoms with Crippen molar-refractivity contribution in [3.63, 3.8) is 0 Å². The van der Waals surface area contributed by atoms with Crippen LogP contribution in [0.5, 0.6) is 0 Å². The molecule has 20 heavy (non-hydrogen) atoms. The molecule has 2 N–H and O–H groups in total. The van der Waals surface area contributed by atoms with Crippen molar-refractivity contribution in [3.05, 3.63) is 33.7 Å². The number of carbonyl (C=O) groups is 1. The highest BCUT2D eigenvalue weighted by Gasteiger charge is 2.12. The number of rotatable bonds is 7. The fraction of sp³-hybridized carbons (Fsp3) is 0.417. The predicted molar refractivity (Wildman–Crippen MR) is 74.2 cm³/mol. The largest absolute Gasteiger partial charge is 0.394 e. The van der Waals surface area contributed by atoms with E-state index in [-0.39, 0.29) is 24.3 Å². The molecular weight excluding hydrogens is 282 g/mol. The summed E-state index contributed by atoms with van der Waals surface area (Å²) in [4.78, 5) is 28.5. The van der Waals surface area contributed by atoms with Crippen molar-refractivity contribution >= 4 is 22.2 Å². The maximum Gasteiger partial charge on any atom is 0.271 e. The molecular formula is C12H15N3O4S. The zero-order valence-corrected chi connectivity index (χ0v) is 11.6. The standard InChI is InChI=1S/C12H15N3O4S/c16-4-6-19-5-1-2-13-10(17)9-8-14-12-15(11(9)18)3-7-20-12/h3,7-8,16H,1-2,4-6H2,(H,13,17). The lowest BCUT2D eigenvalue weighted by Gasteiger charge is -2.05. The SMILES string of the molecule is O=C(NCCCOCCO)c1cnc2sccn2c1=O. The normalized spacial score (nSPS) is 10.8. The van der Waals surface area contributed by atoms with E-state index in [0.29, 0.717) is 24.5 Å². The maximum absolute atomic E-state index is 12.0. The van der Waals surface area contributed by atoms with Crippen molar-refractivity contribution < 1.29 is 14.6 Å². The van der Waals surface area contributed by atoms with E-state index in [2.05, 4.69) is 10.3 Å². The first-order valence-electron chi connectivity index (χ1n) is 6.15. The minimum absolute atomic E-state index is 0.0184. The van der Waals surface area contributed by atoms with E-state index >= 15 is 0 Å². The zero-order valence-electron chi connectivity index (χ0n) is 10.7. The number of nitrogens with one attached hydrogen (secondary N) is 1. The topological polar surface area (TPSA) is 92.9 Å². The van der Waals surface area contributed by atoms with Gasteiger partial charge < -0.3 is 15.2 Å². The molecule has 1 amide bonds. The number of thiazole rings is 1. The fourth-order valence-electron chi connectivity index (χ4n) is 1.62. The number of hydrogen-bond acceptors (Lipinski definition) is 6. The molecule has 0 radical (unpaired) electrons. The summed E-state index contributed by atoms with van der Waals surface area (Å²) in [6, 6.07) is 0. The lowest BCUT2D eigenvalue weighted by molar-refractivity contribution is 0.0867. The van der Waals surface area contributed by atoms with Crippen molar-refractivity contribution in [1.82, 2.24) is 14.7 Å². The minimum Gasteiger partial charge on any atom is -0.394 e. The second kappa shape index (κ2) is 7.13. The Balaban J connectivity index is 1.91. The minimum atomic E-state index is -0.440. The van der Waals surface area contributed by atoms with Gasteiger partial charge in [-0.05, 0) is 6.42 Å². The third kappa shape index (κ3) is 3.41. The molecule has 2 aromatic rings. The number of amides is 1. The van der Waals surface area contributed by atoms with Gasteiger partial charge in [0, 0.05) is 30.9 Å². The molecule has 0 fully saturated rings. The zero-order chi connectivity index (χ0) is 14.4. The van der Waals surface area contributed by atoms with Gasteiger partial charge in [-0.15, -0.1) is 11.3 Å². The number of aliphatic hydroxyl groups is 1. The van der Waals surface area contributed by atoms with Crippen molar-refractivity contribution in [2.45, 2.75) is 6.42 Å². The Morgan fingerprint density at radius 3 is 3.15 bits per heavy atom. The first-order valence-corrected chi connectivity index (χ1v) is 7.03. The first kappa shape index (κ1) is 14.6. The highest BCUT2D eigenvalue weighted by atomic mass is 32.1. The molecule has 0 saturated heterocycles. The van der Waals surface area contributed by atoms with Crippen LogP contribution in [-0.2, 0) is 4.74 Å². The number of hydrogen-bond donors (Lipinski definition) is 2. The molecule has 2 heterocycles. The van der Waals surface area contributed by atoms with Crippen LogP contribution in [0.1, 0.15) is 16.8 Å². The van der Waals surface area contributed by atoms with E-state index in [1.54, 1.807) is 11.6 Å². The van der Waals surface area contributed by atoms with Crippen LogP contribution in [0.4, 0.5) is 0 Å². The van der Waals surface area contributed by atoms with Gasteiger partial charge in [0.05, 0.1) is 13.2 Å². The van der Waals surface area contributed by atoms with Crippen molar-refractivity contribution in [2.24, 2.45) is 0 Å². The summed E-state index contributed by atoms with van der Waals surface area (Å²) in [5.74, 6) is -0.440. The number of aliphatic hydroxyl groups excluding tert-OH is 1. The third-order valence-electron chi connectivity index (χ3n) is 2.57. The molecule has 0 aromatic carbocycles. The molecule has 0 aliphatic heterocycles. The number of carbonyl (C=O) groups excluding carboxylic acids is 1. The summed E-state index contributed by atoms with van der Waals surface area (Å²) in [5, 5.41) is 12.9. The van der Waals surface area contributed by atoms with E-state index in [4.69, 9.17) is 9.84 Å². The molecule has 8 heteroatoms. The smallest absolute Gasteiger partial charge is 0.271 e. The van der Waals surface area contributed by atoms with Crippen LogP contribution in [0.25, 0.3) is 4.96 Å². The van der Waals surface area contributed by atoms with Gasteiger partial charge in [-0.25, -0.2) is 4.98 Å². The monoisotopic (exact) mass is 297 g/mol. The Morgan fingerprint density at radius 1 is 1.50 bits per heavy atom. The van der Waals surface area contributed by atoms with E-state index in [0.717, 1.165) is 0 Å². The Hall–Kier alpha value is -1.77. The Labute approximate surface area is 118 Å². The molecule has 108 valence electrons. The number of ether oxygens (including phenoxy) is 1. The van der Waals surface area contributed by atoms with Crippen molar-refractivity contribution in [3.8, 4) is 0 Å². The lowest BCUT2D eigenvalue weighted by atomic mass is 10.3.